The van der Waals surface area contributed by atoms with Gasteiger partial charge in [-0.1, -0.05) is 13.8 Å². The topological polar surface area (TPSA) is 83.1 Å². The minimum absolute atomic E-state index is 0.0773. The Hall–Kier alpha value is -2.18. The third-order valence-electron chi connectivity index (χ3n) is 2.56. The first-order valence-corrected chi connectivity index (χ1v) is 6.88. The molecule has 3 N–H and O–H groups in total. The largest absolute Gasteiger partial charge is 0.370 e. The fourth-order valence-corrected chi connectivity index (χ4v) is 1.56. The van der Waals surface area contributed by atoms with Crippen LogP contribution in [0, 0.1) is 11.7 Å². The lowest BCUT2D eigenvalue weighted by Crippen LogP contribution is -2.38. The summed E-state index contributed by atoms with van der Waals surface area (Å²) in [6, 6.07) is 1.09. The first kappa shape index (κ1) is 16.9. The fourth-order valence-electron chi connectivity index (χ4n) is 1.56. The first-order chi connectivity index (χ1) is 9.93. The smallest absolute Gasteiger partial charge is 0.255 e. The molecular weight excluding hydrogens is 275 g/mol. The van der Waals surface area contributed by atoms with Gasteiger partial charge in [0.2, 0.25) is 5.91 Å². The first-order valence-electron chi connectivity index (χ1n) is 6.88. The number of carbonyl (C=O) groups excluding carboxylic acids is 2. The number of anilines is 1. The second-order valence-corrected chi connectivity index (χ2v) is 4.96. The average molecular weight is 296 g/mol. The molecule has 0 saturated carbocycles. The molecule has 116 valence electrons. The molecule has 0 aromatic carbocycles. The van der Waals surface area contributed by atoms with E-state index in [2.05, 4.69) is 20.9 Å². The van der Waals surface area contributed by atoms with E-state index in [1.165, 1.54) is 0 Å². The molecule has 0 saturated heterocycles. The minimum atomic E-state index is -0.605. The van der Waals surface area contributed by atoms with Crippen molar-refractivity contribution >= 4 is 17.6 Å². The molecule has 0 radical (unpaired) electrons. The van der Waals surface area contributed by atoms with Gasteiger partial charge in [-0.05, 0) is 18.9 Å². The van der Waals surface area contributed by atoms with Gasteiger partial charge in [-0.25, -0.2) is 9.37 Å². The molecule has 0 spiro atoms. The quantitative estimate of drug-likeness (QED) is 0.705. The second-order valence-electron chi connectivity index (χ2n) is 4.96. The summed E-state index contributed by atoms with van der Waals surface area (Å²) in [4.78, 5) is 27.4. The maximum atomic E-state index is 13.2. The van der Waals surface area contributed by atoms with Crippen LogP contribution in [0.25, 0.3) is 0 Å². The number of halogens is 1. The van der Waals surface area contributed by atoms with Gasteiger partial charge in [0, 0.05) is 13.1 Å². The number of amides is 2. The zero-order chi connectivity index (χ0) is 15.8. The Morgan fingerprint density at radius 1 is 1.33 bits per heavy atom. The van der Waals surface area contributed by atoms with Crippen molar-refractivity contribution in [2.24, 2.45) is 5.92 Å². The van der Waals surface area contributed by atoms with Gasteiger partial charge in [0.25, 0.3) is 5.91 Å². The maximum Gasteiger partial charge on any atom is 0.255 e. The van der Waals surface area contributed by atoms with Gasteiger partial charge in [-0.2, -0.15) is 0 Å². The van der Waals surface area contributed by atoms with Crippen LogP contribution in [-0.2, 0) is 4.79 Å². The SMILES string of the molecule is CCNc1ncc(F)cc1C(=O)NCC(=O)NCC(C)C. The van der Waals surface area contributed by atoms with E-state index in [1.54, 1.807) is 0 Å². The van der Waals surface area contributed by atoms with E-state index < -0.39 is 11.7 Å². The molecular formula is C14H21FN4O2. The number of pyridine rings is 1. The van der Waals surface area contributed by atoms with Crippen LogP contribution in [0.4, 0.5) is 10.2 Å². The Kier molecular flexibility index (Phi) is 6.58. The normalized spacial score (nSPS) is 10.3. The Labute approximate surface area is 123 Å². The van der Waals surface area contributed by atoms with Gasteiger partial charge in [0.05, 0.1) is 18.3 Å². The molecule has 21 heavy (non-hydrogen) atoms. The zero-order valence-electron chi connectivity index (χ0n) is 12.5. The lowest BCUT2D eigenvalue weighted by Gasteiger charge is -2.11. The molecule has 2 amide bonds. The summed E-state index contributed by atoms with van der Waals surface area (Å²) in [7, 11) is 0. The van der Waals surface area contributed by atoms with E-state index in [4.69, 9.17) is 0 Å². The predicted octanol–water partition coefficient (Wildman–Crippen LogP) is 1.15. The molecule has 1 aromatic heterocycles. The molecule has 1 heterocycles. The van der Waals surface area contributed by atoms with Crippen LogP contribution in [0.1, 0.15) is 31.1 Å². The van der Waals surface area contributed by atoms with Crippen LogP contribution in [-0.4, -0.2) is 36.4 Å². The summed E-state index contributed by atoms with van der Waals surface area (Å²) < 4.78 is 13.2. The average Bonchev–Trinajstić information content (AvgIpc) is 2.44. The van der Waals surface area contributed by atoms with Crippen molar-refractivity contribution < 1.29 is 14.0 Å². The van der Waals surface area contributed by atoms with Crippen LogP contribution in [0.3, 0.4) is 0 Å². The Balaban J connectivity index is 2.63. The molecule has 0 aliphatic carbocycles. The van der Waals surface area contributed by atoms with Crippen molar-refractivity contribution in [3.63, 3.8) is 0 Å². The van der Waals surface area contributed by atoms with E-state index in [0.717, 1.165) is 12.3 Å². The number of hydrogen-bond donors (Lipinski definition) is 3. The molecule has 0 atom stereocenters. The number of hydrogen-bond acceptors (Lipinski definition) is 4. The van der Waals surface area contributed by atoms with Crippen molar-refractivity contribution in [2.45, 2.75) is 20.8 Å². The number of carbonyl (C=O) groups is 2. The standard InChI is InChI=1S/C14H21FN4O2/c1-4-16-13-11(5-10(15)7-18-13)14(21)19-8-12(20)17-6-9(2)3/h5,7,9H,4,6,8H2,1-3H3,(H,16,18)(H,17,20)(H,19,21). The molecule has 0 unspecified atom stereocenters. The van der Waals surface area contributed by atoms with E-state index >= 15 is 0 Å². The maximum absolute atomic E-state index is 13.2. The fraction of sp³-hybridized carbons (Fsp3) is 0.500. The number of rotatable bonds is 7. The molecule has 7 heteroatoms. The lowest BCUT2D eigenvalue weighted by atomic mass is 10.2. The Morgan fingerprint density at radius 3 is 2.67 bits per heavy atom. The van der Waals surface area contributed by atoms with E-state index in [9.17, 15) is 14.0 Å². The predicted molar refractivity (Wildman–Crippen MR) is 78.5 cm³/mol. The van der Waals surface area contributed by atoms with Crippen LogP contribution >= 0.6 is 0 Å². The summed E-state index contributed by atoms with van der Waals surface area (Å²) in [5, 5.41) is 8.00. The van der Waals surface area contributed by atoms with E-state index in [0.29, 0.717) is 24.8 Å². The minimum Gasteiger partial charge on any atom is -0.370 e. The molecule has 0 aliphatic heterocycles. The van der Waals surface area contributed by atoms with Crippen molar-refractivity contribution in [3.05, 3.63) is 23.6 Å². The summed E-state index contributed by atoms with van der Waals surface area (Å²) >= 11 is 0. The van der Waals surface area contributed by atoms with Crippen LogP contribution in [0.5, 0.6) is 0 Å². The third-order valence-corrected chi connectivity index (χ3v) is 2.56. The molecule has 6 nitrogen and oxygen atoms in total. The van der Waals surface area contributed by atoms with Crippen molar-refractivity contribution in [1.82, 2.24) is 15.6 Å². The Morgan fingerprint density at radius 2 is 2.05 bits per heavy atom. The highest BCUT2D eigenvalue weighted by Crippen LogP contribution is 2.13. The highest BCUT2D eigenvalue weighted by molar-refractivity contribution is 6.00. The van der Waals surface area contributed by atoms with Crippen molar-refractivity contribution in [1.29, 1.82) is 0 Å². The van der Waals surface area contributed by atoms with Gasteiger partial charge in [0.15, 0.2) is 0 Å². The third kappa shape index (κ3) is 5.76. The molecule has 0 bridgehead atoms. The van der Waals surface area contributed by atoms with Crippen LogP contribution < -0.4 is 16.0 Å². The summed E-state index contributed by atoms with van der Waals surface area (Å²) in [6.45, 7) is 6.71. The highest BCUT2D eigenvalue weighted by Gasteiger charge is 2.14. The monoisotopic (exact) mass is 296 g/mol. The van der Waals surface area contributed by atoms with Gasteiger partial charge in [-0.15, -0.1) is 0 Å². The van der Waals surface area contributed by atoms with E-state index in [1.807, 2.05) is 20.8 Å². The van der Waals surface area contributed by atoms with Crippen molar-refractivity contribution in [3.8, 4) is 0 Å². The van der Waals surface area contributed by atoms with Crippen LogP contribution in [0.15, 0.2) is 12.3 Å². The second kappa shape index (κ2) is 8.18. The van der Waals surface area contributed by atoms with Gasteiger partial charge < -0.3 is 16.0 Å². The van der Waals surface area contributed by atoms with Crippen molar-refractivity contribution in [2.75, 3.05) is 25.0 Å². The summed E-state index contributed by atoms with van der Waals surface area (Å²) in [6.07, 6.45) is 1.03. The number of nitrogens with one attached hydrogen (secondary N) is 3. The summed E-state index contributed by atoms with van der Waals surface area (Å²) in [5.41, 5.74) is 0.0773. The molecule has 0 aliphatic rings. The van der Waals surface area contributed by atoms with E-state index in [-0.39, 0.29) is 18.0 Å². The summed E-state index contributed by atoms with van der Waals surface area (Å²) in [5.74, 6) is -0.813. The van der Waals surface area contributed by atoms with Crippen LogP contribution in [0.2, 0.25) is 0 Å². The number of aromatic nitrogens is 1. The van der Waals surface area contributed by atoms with Gasteiger partial charge in [-0.3, -0.25) is 9.59 Å². The molecule has 0 fully saturated rings. The van der Waals surface area contributed by atoms with Gasteiger partial charge >= 0.3 is 0 Å². The molecule has 1 rings (SSSR count). The Bertz CT molecular complexity index is 506. The molecule has 1 aromatic rings. The number of nitrogens with zero attached hydrogens (tertiary/aromatic N) is 1. The highest BCUT2D eigenvalue weighted by atomic mass is 19.1. The lowest BCUT2D eigenvalue weighted by molar-refractivity contribution is -0.120. The zero-order valence-corrected chi connectivity index (χ0v) is 12.5. The van der Waals surface area contributed by atoms with Gasteiger partial charge in [0.1, 0.15) is 11.6 Å².